The van der Waals surface area contributed by atoms with E-state index in [0.29, 0.717) is 22.9 Å². The number of rotatable bonds is 3. The summed E-state index contributed by atoms with van der Waals surface area (Å²) >= 11 is 6.11. The van der Waals surface area contributed by atoms with E-state index in [1.165, 1.54) is 6.07 Å². The van der Waals surface area contributed by atoms with E-state index in [1.54, 1.807) is 19.1 Å². The molecule has 0 aromatic heterocycles. The SMILES string of the molecule is CC(=Cc1ccc2c(c1)NCC([C@H](C)O)O2)c1c(F)cccc1Cl. The highest BCUT2D eigenvalue weighted by Gasteiger charge is 2.23. The van der Waals surface area contributed by atoms with Crippen molar-refractivity contribution in [3.8, 4) is 5.75 Å². The van der Waals surface area contributed by atoms with Gasteiger partial charge in [0.2, 0.25) is 0 Å². The molecule has 2 aromatic rings. The van der Waals surface area contributed by atoms with E-state index in [1.807, 2.05) is 31.2 Å². The highest BCUT2D eigenvalue weighted by Crippen LogP contribution is 2.33. The van der Waals surface area contributed by atoms with Gasteiger partial charge in [0.25, 0.3) is 0 Å². The van der Waals surface area contributed by atoms with Crippen LogP contribution in [0.5, 0.6) is 5.75 Å². The molecule has 1 unspecified atom stereocenters. The Bertz CT molecular complexity index is 769. The molecule has 5 heteroatoms. The fourth-order valence-electron chi connectivity index (χ4n) is 2.76. The van der Waals surface area contributed by atoms with Crippen LogP contribution >= 0.6 is 11.6 Å². The molecule has 3 nitrogen and oxygen atoms in total. The smallest absolute Gasteiger partial charge is 0.143 e. The first-order valence-electron chi connectivity index (χ1n) is 7.81. The molecule has 0 spiro atoms. The molecule has 0 saturated heterocycles. The second-order valence-electron chi connectivity index (χ2n) is 5.96. The number of halogens is 2. The van der Waals surface area contributed by atoms with Gasteiger partial charge >= 0.3 is 0 Å². The Balaban J connectivity index is 1.89. The maximum atomic E-state index is 14.0. The zero-order valence-corrected chi connectivity index (χ0v) is 14.3. The predicted molar refractivity (Wildman–Crippen MR) is 96.0 cm³/mol. The number of benzene rings is 2. The molecule has 1 heterocycles. The van der Waals surface area contributed by atoms with E-state index in [2.05, 4.69) is 5.32 Å². The fourth-order valence-corrected chi connectivity index (χ4v) is 3.07. The van der Waals surface area contributed by atoms with Gasteiger partial charge in [-0.3, -0.25) is 0 Å². The lowest BCUT2D eigenvalue weighted by Gasteiger charge is -2.29. The van der Waals surface area contributed by atoms with Crippen LogP contribution in [0.4, 0.5) is 10.1 Å². The molecule has 1 aliphatic heterocycles. The van der Waals surface area contributed by atoms with E-state index in [-0.39, 0.29) is 11.9 Å². The molecular weight excluding hydrogens is 329 g/mol. The largest absolute Gasteiger partial charge is 0.484 e. The number of hydrogen-bond donors (Lipinski definition) is 2. The summed E-state index contributed by atoms with van der Waals surface area (Å²) in [5.74, 6) is 0.362. The predicted octanol–water partition coefficient (Wildman–Crippen LogP) is 4.59. The summed E-state index contributed by atoms with van der Waals surface area (Å²) in [7, 11) is 0. The lowest BCUT2D eigenvalue weighted by Crippen LogP contribution is -2.39. The van der Waals surface area contributed by atoms with E-state index < -0.39 is 6.10 Å². The maximum Gasteiger partial charge on any atom is 0.143 e. The van der Waals surface area contributed by atoms with Crippen LogP contribution in [0.15, 0.2) is 36.4 Å². The summed E-state index contributed by atoms with van der Waals surface area (Å²) in [5, 5.41) is 13.3. The molecular formula is C19H19ClFNO2. The van der Waals surface area contributed by atoms with Gasteiger partial charge in [-0.1, -0.05) is 29.8 Å². The number of hydrogen-bond acceptors (Lipinski definition) is 3. The molecule has 2 atom stereocenters. The molecule has 1 aliphatic rings. The normalized spacial score (nSPS) is 18.4. The third kappa shape index (κ3) is 3.40. The average Bonchev–Trinajstić information content (AvgIpc) is 2.54. The summed E-state index contributed by atoms with van der Waals surface area (Å²) in [6.45, 7) is 4.07. The molecule has 2 N–H and O–H groups in total. The fraction of sp³-hybridized carbons (Fsp3) is 0.263. The van der Waals surface area contributed by atoms with Crippen LogP contribution in [0.1, 0.15) is 25.0 Å². The first-order valence-corrected chi connectivity index (χ1v) is 8.19. The zero-order chi connectivity index (χ0) is 17.3. The van der Waals surface area contributed by atoms with Gasteiger partial charge in [0.15, 0.2) is 0 Å². The quantitative estimate of drug-likeness (QED) is 0.798. The van der Waals surface area contributed by atoms with Crippen molar-refractivity contribution in [3.05, 3.63) is 58.4 Å². The zero-order valence-electron chi connectivity index (χ0n) is 13.5. The first-order chi connectivity index (χ1) is 11.5. The molecule has 3 rings (SSSR count). The van der Waals surface area contributed by atoms with Gasteiger partial charge in [-0.15, -0.1) is 0 Å². The second-order valence-corrected chi connectivity index (χ2v) is 6.36. The summed E-state index contributed by atoms with van der Waals surface area (Å²) < 4.78 is 19.8. The summed E-state index contributed by atoms with van der Waals surface area (Å²) in [5.41, 5.74) is 2.93. The molecule has 0 fully saturated rings. The Morgan fingerprint density at radius 2 is 2.21 bits per heavy atom. The van der Waals surface area contributed by atoms with Crippen molar-refractivity contribution in [1.29, 1.82) is 0 Å². The Hall–Kier alpha value is -2.04. The van der Waals surface area contributed by atoms with Gasteiger partial charge in [0.1, 0.15) is 17.7 Å². The van der Waals surface area contributed by atoms with Crippen LogP contribution in [-0.2, 0) is 0 Å². The van der Waals surface area contributed by atoms with Crippen molar-refractivity contribution < 1.29 is 14.2 Å². The Labute approximate surface area is 145 Å². The van der Waals surface area contributed by atoms with E-state index in [4.69, 9.17) is 16.3 Å². The summed E-state index contributed by atoms with van der Waals surface area (Å²) in [6.07, 6.45) is 1.07. The third-order valence-electron chi connectivity index (χ3n) is 4.05. The van der Waals surface area contributed by atoms with Crippen LogP contribution in [-0.4, -0.2) is 23.9 Å². The molecule has 24 heavy (non-hydrogen) atoms. The van der Waals surface area contributed by atoms with Crippen molar-refractivity contribution in [1.82, 2.24) is 0 Å². The Kier molecular flexibility index (Phi) is 4.78. The van der Waals surface area contributed by atoms with E-state index in [9.17, 15) is 9.50 Å². The highest BCUT2D eigenvalue weighted by molar-refractivity contribution is 6.32. The number of anilines is 1. The van der Waals surface area contributed by atoms with Crippen molar-refractivity contribution in [2.24, 2.45) is 0 Å². The van der Waals surface area contributed by atoms with E-state index in [0.717, 1.165) is 16.8 Å². The summed E-state index contributed by atoms with van der Waals surface area (Å²) in [4.78, 5) is 0. The lowest BCUT2D eigenvalue weighted by atomic mass is 10.0. The molecule has 0 aliphatic carbocycles. The van der Waals surface area contributed by atoms with Gasteiger partial charge in [0.05, 0.1) is 23.4 Å². The number of fused-ring (bicyclic) bond motifs is 1. The minimum Gasteiger partial charge on any atom is -0.484 e. The molecule has 0 amide bonds. The van der Waals surface area contributed by atoms with Crippen molar-refractivity contribution in [2.75, 3.05) is 11.9 Å². The lowest BCUT2D eigenvalue weighted by molar-refractivity contribution is 0.0530. The Morgan fingerprint density at radius 1 is 1.42 bits per heavy atom. The van der Waals surface area contributed by atoms with Gasteiger partial charge in [-0.25, -0.2) is 4.39 Å². The van der Waals surface area contributed by atoms with Crippen molar-refractivity contribution in [3.63, 3.8) is 0 Å². The standard InChI is InChI=1S/C19H19ClFNO2/c1-11(19-14(20)4-3-5-15(19)21)8-13-6-7-17-16(9-13)22-10-18(24-17)12(2)23/h3-9,12,18,22-23H,10H2,1-2H3/t12-,18?/m0/s1. The van der Waals surface area contributed by atoms with Gasteiger partial charge in [0, 0.05) is 5.56 Å². The molecule has 0 radical (unpaired) electrons. The molecule has 126 valence electrons. The van der Waals surface area contributed by atoms with Gasteiger partial charge in [-0.2, -0.15) is 0 Å². The van der Waals surface area contributed by atoms with Gasteiger partial charge < -0.3 is 15.2 Å². The van der Waals surface area contributed by atoms with Crippen molar-refractivity contribution in [2.45, 2.75) is 26.1 Å². The monoisotopic (exact) mass is 347 g/mol. The van der Waals surface area contributed by atoms with Crippen LogP contribution in [0, 0.1) is 5.82 Å². The second kappa shape index (κ2) is 6.83. The van der Waals surface area contributed by atoms with Crippen LogP contribution in [0.2, 0.25) is 5.02 Å². The van der Waals surface area contributed by atoms with Crippen LogP contribution in [0.3, 0.4) is 0 Å². The number of aliphatic hydroxyl groups is 1. The van der Waals surface area contributed by atoms with Gasteiger partial charge in [-0.05, 0) is 49.2 Å². The number of allylic oxidation sites excluding steroid dienone is 1. The molecule has 0 bridgehead atoms. The van der Waals surface area contributed by atoms with Crippen LogP contribution in [0.25, 0.3) is 11.6 Å². The molecule has 0 saturated carbocycles. The van der Waals surface area contributed by atoms with E-state index >= 15 is 0 Å². The van der Waals surface area contributed by atoms with Crippen LogP contribution < -0.4 is 10.1 Å². The topological polar surface area (TPSA) is 41.5 Å². The summed E-state index contributed by atoms with van der Waals surface area (Å²) in [6, 6.07) is 10.3. The third-order valence-corrected chi connectivity index (χ3v) is 4.37. The minimum absolute atomic E-state index is 0.266. The van der Waals surface area contributed by atoms with Crippen molar-refractivity contribution >= 4 is 28.9 Å². The number of nitrogens with one attached hydrogen (secondary N) is 1. The minimum atomic E-state index is -0.546. The molecule has 2 aromatic carbocycles. The number of aliphatic hydroxyl groups excluding tert-OH is 1. The first kappa shape index (κ1) is 16.8. The number of ether oxygens (including phenoxy) is 1. The maximum absolute atomic E-state index is 14.0. The average molecular weight is 348 g/mol. The Morgan fingerprint density at radius 3 is 2.92 bits per heavy atom. The highest BCUT2D eigenvalue weighted by atomic mass is 35.5.